The third-order valence-electron chi connectivity index (χ3n) is 3.74. The molecule has 1 amide bonds. The number of carbonyl (C=O) groups excluding carboxylic acids is 1. The van der Waals surface area contributed by atoms with E-state index in [2.05, 4.69) is 15.9 Å². The number of piperidine rings is 1. The Morgan fingerprint density at radius 3 is 3.11 bits per heavy atom. The number of rotatable bonds is 2. The lowest BCUT2D eigenvalue weighted by molar-refractivity contribution is 0.0687. The van der Waals surface area contributed by atoms with E-state index in [9.17, 15) is 4.79 Å². The number of likely N-dealkylation sites (tertiary alicyclic amines) is 1. The lowest BCUT2D eigenvalue weighted by Gasteiger charge is -2.31. The van der Waals surface area contributed by atoms with Crippen molar-refractivity contribution in [2.75, 3.05) is 18.4 Å². The number of hydrogen-bond acceptors (Lipinski definition) is 2. The fraction of sp³-hybridized carbons (Fsp3) is 0.400. The number of halogens is 1. The Hall–Kier alpha value is -1.29. The second-order valence-corrected chi connectivity index (χ2v) is 5.71. The third-order valence-corrected chi connectivity index (χ3v) is 4.65. The van der Waals surface area contributed by atoms with Crippen LogP contribution in [0.5, 0.6) is 0 Å². The van der Waals surface area contributed by atoms with E-state index in [0.717, 1.165) is 35.8 Å². The van der Waals surface area contributed by atoms with E-state index >= 15 is 0 Å². The van der Waals surface area contributed by atoms with E-state index in [-0.39, 0.29) is 5.91 Å². The van der Waals surface area contributed by atoms with Gasteiger partial charge in [-0.2, -0.15) is 0 Å². The minimum atomic E-state index is 0.0931. The fourth-order valence-corrected chi connectivity index (χ4v) is 3.22. The number of alkyl halides is 1. The molecular weight excluding hydrogens is 306 g/mol. The zero-order valence-corrected chi connectivity index (χ0v) is 12.2. The van der Waals surface area contributed by atoms with Crippen LogP contribution < -0.4 is 0 Å². The molecule has 0 N–H and O–H groups in total. The van der Waals surface area contributed by atoms with Crippen molar-refractivity contribution in [3.05, 3.63) is 36.1 Å². The molecule has 1 fully saturated rings. The number of hydrogen-bond donors (Lipinski definition) is 0. The van der Waals surface area contributed by atoms with Crippen LogP contribution in [-0.4, -0.2) is 29.2 Å². The molecule has 1 aliphatic rings. The summed E-state index contributed by atoms with van der Waals surface area (Å²) in [6.07, 6.45) is 3.86. The van der Waals surface area contributed by atoms with Gasteiger partial charge in [-0.1, -0.05) is 34.1 Å². The molecule has 4 heteroatoms. The van der Waals surface area contributed by atoms with Gasteiger partial charge in [0.15, 0.2) is 0 Å². The highest BCUT2D eigenvalue weighted by Gasteiger charge is 2.25. The second kappa shape index (κ2) is 5.37. The van der Waals surface area contributed by atoms with Crippen molar-refractivity contribution in [1.82, 2.24) is 4.90 Å². The van der Waals surface area contributed by atoms with Gasteiger partial charge in [-0.3, -0.25) is 4.79 Å². The van der Waals surface area contributed by atoms with Crippen molar-refractivity contribution in [3.8, 4) is 0 Å². The van der Waals surface area contributed by atoms with E-state index in [1.165, 1.54) is 6.42 Å². The maximum atomic E-state index is 12.6. The number of carbonyl (C=O) groups is 1. The topological polar surface area (TPSA) is 33.5 Å². The van der Waals surface area contributed by atoms with E-state index in [1.807, 2.05) is 29.2 Å². The van der Waals surface area contributed by atoms with Crippen LogP contribution in [0.2, 0.25) is 0 Å². The average molecular weight is 322 g/mol. The summed E-state index contributed by atoms with van der Waals surface area (Å²) >= 11 is 3.52. The number of fused-ring (bicyclic) bond motifs is 1. The van der Waals surface area contributed by atoms with Crippen molar-refractivity contribution in [1.29, 1.82) is 0 Å². The average Bonchev–Trinajstić information content (AvgIpc) is 2.90. The molecule has 2 aromatic rings. The Balaban J connectivity index is 1.87. The number of nitrogens with zero attached hydrogens (tertiary/aromatic N) is 1. The molecule has 0 radical (unpaired) electrons. The lowest BCUT2D eigenvalue weighted by Crippen LogP contribution is -2.40. The van der Waals surface area contributed by atoms with Crippen molar-refractivity contribution in [2.24, 2.45) is 5.92 Å². The van der Waals surface area contributed by atoms with Crippen molar-refractivity contribution in [3.63, 3.8) is 0 Å². The Morgan fingerprint density at radius 1 is 1.42 bits per heavy atom. The normalized spacial score (nSPS) is 19.8. The summed E-state index contributed by atoms with van der Waals surface area (Å²) in [7, 11) is 0. The quantitative estimate of drug-likeness (QED) is 0.790. The zero-order chi connectivity index (χ0) is 13.2. The van der Waals surface area contributed by atoms with Gasteiger partial charge in [0.05, 0.1) is 5.56 Å². The standard InChI is InChI=1S/C15H16BrNO2/c16-8-11-4-3-7-17(9-11)15(18)13-10-19-14-6-2-1-5-12(13)14/h1-2,5-6,10-11H,3-4,7-9H2. The second-order valence-electron chi connectivity index (χ2n) is 5.06. The maximum absolute atomic E-state index is 12.6. The summed E-state index contributed by atoms with van der Waals surface area (Å²) < 4.78 is 5.46. The van der Waals surface area contributed by atoms with Gasteiger partial charge >= 0.3 is 0 Å². The van der Waals surface area contributed by atoms with Crippen LogP contribution >= 0.6 is 15.9 Å². The number of furan rings is 1. The first kappa shape index (κ1) is 12.7. The molecule has 1 atom stereocenters. The summed E-state index contributed by atoms with van der Waals surface area (Å²) in [5.41, 5.74) is 1.46. The summed E-state index contributed by atoms with van der Waals surface area (Å²) in [5, 5.41) is 1.87. The van der Waals surface area contributed by atoms with Gasteiger partial charge in [-0.15, -0.1) is 0 Å². The van der Waals surface area contributed by atoms with Gasteiger partial charge in [0, 0.05) is 23.8 Å². The number of amides is 1. The van der Waals surface area contributed by atoms with Gasteiger partial charge in [0.25, 0.3) is 5.91 Å². The highest BCUT2D eigenvalue weighted by Crippen LogP contribution is 2.25. The Bertz CT molecular complexity index is 593. The van der Waals surface area contributed by atoms with Crippen molar-refractivity contribution in [2.45, 2.75) is 12.8 Å². The minimum absolute atomic E-state index is 0.0931. The first-order chi connectivity index (χ1) is 9.29. The van der Waals surface area contributed by atoms with Crippen LogP contribution in [-0.2, 0) is 0 Å². The van der Waals surface area contributed by atoms with Crippen molar-refractivity contribution < 1.29 is 9.21 Å². The summed E-state index contributed by atoms with van der Waals surface area (Å²) in [6, 6.07) is 7.69. The van der Waals surface area contributed by atoms with E-state index < -0.39 is 0 Å². The molecule has 19 heavy (non-hydrogen) atoms. The third kappa shape index (κ3) is 2.41. The molecule has 2 heterocycles. The molecule has 0 bridgehead atoms. The number of benzene rings is 1. The molecule has 0 aliphatic carbocycles. The van der Waals surface area contributed by atoms with Crippen LogP contribution in [0, 0.1) is 5.92 Å². The largest absolute Gasteiger partial charge is 0.463 e. The fourth-order valence-electron chi connectivity index (χ4n) is 2.69. The molecule has 100 valence electrons. The van der Waals surface area contributed by atoms with E-state index in [0.29, 0.717) is 11.5 Å². The van der Waals surface area contributed by atoms with Gasteiger partial charge in [-0.25, -0.2) is 0 Å². The SMILES string of the molecule is O=C(c1coc2ccccc12)N1CCCC(CBr)C1. The van der Waals surface area contributed by atoms with Crippen LogP contribution in [0.4, 0.5) is 0 Å². The van der Waals surface area contributed by atoms with Crippen LogP contribution in [0.25, 0.3) is 11.0 Å². The van der Waals surface area contributed by atoms with Gasteiger partial charge in [0.1, 0.15) is 11.8 Å². The number of para-hydroxylation sites is 1. The molecule has 0 spiro atoms. The van der Waals surface area contributed by atoms with Crippen LogP contribution in [0.3, 0.4) is 0 Å². The van der Waals surface area contributed by atoms with Gasteiger partial charge < -0.3 is 9.32 Å². The smallest absolute Gasteiger partial charge is 0.257 e. The van der Waals surface area contributed by atoms with Crippen LogP contribution in [0.1, 0.15) is 23.2 Å². The first-order valence-corrected chi connectivity index (χ1v) is 7.73. The van der Waals surface area contributed by atoms with E-state index in [4.69, 9.17) is 4.42 Å². The highest BCUT2D eigenvalue weighted by molar-refractivity contribution is 9.09. The summed E-state index contributed by atoms with van der Waals surface area (Å²) in [4.78, 5) is 14.5. The summed E-state index contributed by atoms with van der Waals surface area (Å²) in [5.74, 6) is 0.659. The molecular formula is C15H16BrNO2. The molecule has 3 nitrogen and oxygen atoms in total. The monoisotopic (exact) mass is 321 g/mol. The van der Waals surface area contributed by atoms with Crippen molar-refractivity contribution >= 4 is 32.8 Å². The molecule has 1 unspecified atom stereocenters. The minimum Gasteiger partial charge on any atom is -0.463 e. The Labute approximate surface area is 120 Å². The lowest BCUT2D eigenvalue weighted by atomic mass is 9.99. The first-order valence-electron chi connectivity index (χ1n) is 6.61. The predicted molar refractivity (Wildman–Crippen MR) is 78.6 cm³/mol. The Kier molecular flexibility index (Phi) is 3.60. The predicted octanol–water partition coefficient (Wildman–Crippen LogP) is 3.68. The molecule has 3 rings (SSSR count). The maximum Gasteiger partial charge on any atom is 0.257 e. The van der Waals surface area contributed by atoms with E-state index in [1.54, 1.807) is 6.26 Å². The molecule has 1 aromatic carbocycles. The Morgan fingerprint density at radius 2 is 2.26 bits per heavy atom. The zero-order valence-electron chi connectivity index (χ0n) is 10.6. The van der Waals surface area contributed by atoms with Gasteiger partial charge in [0.2, 0.25) is 0 Å². The molecule has 1 aromatic heterocycles. The molecule has 0 saturated carbocycles. The van der Waals surface area contributed by atoms with Crippen LogP contribution in [0.15, 0.2) is 34.9 Å². The molecule has 1 aliphatic heterocycles. The van der Waals surface area contributed by atoms with Gasteiger partial charge in [-0.05, 0) is 24.8 Å². The highest BCUT2D eigenvalue weighted by atomic mass is 79.9. The molecule has 1 saturated heterocycles. The summed E-state index contributed by atoms with van der Waals surface area (Å²) in [6.45, 7) is 1.69.